The van der Waals surface area contributed by atoms with Crippen molar-refractivity contribution in [3.05, 3.63) is 29.6 Å². The first-order valence-electron chi connectivity index (χ1n) is 6.65. The van der Waals surface area contributed by atoms with Gasteiger partial charge in [-0.25, -0.2) is 4.39 Å². The molecule has 1 N–H and O–H groups in total. The van der Waals surface area contributed by atoms with E-state index in [0.29, 0.717) is 31.4 Å². The summed E-state index contributed by atoms with van der Waals surface area (Å²) in [4.78, 5) is 0. The monoisotopic (exact) mass is 264 g/mol. The van der Waals surface area contributed by atoms with Crippen molar-refractivity contribution in [3.63, 3.8) is 0 Å². The van der Waals surface area contributed by atoms with Gasteiger partial charge in [0, 0.05) is 24.6 Å². The van der Waals surface area contributed by atoms with Gasteiger partial charge in [0.25, 0.3) is 0 Å². The molecule has 0 bridgehead atoms. The summed E-state index contributed by atoms with van der Waals surface area (Å²) in [7, 11) is 0. The Morgan fingerprint density at radius 1 is 1.37 bits per heavy atom. The molecule has 0 atom stereocenters. The van der Waals surface area contributed by atoms with E-state index in [9.17, 15) is 4.39 Å². The third kappa shape index (κ3) is 6.21. The van der Waals surface area contributed by atoms with Crippen LogP contribution >= 0.6 is 0 Å². The molecule has 1 aromatic rings. The van der Waals surface area contributed by atoms with E-state index in [1.807, 2.05) is 13.8 Å². The summed E-state index contributed by atoms with van der Waals surface area (Å²) in [5.74, 6) is 0.462. The van der Waals surface area contributed by atoms with Crippen molar-refractivity contribution in [2.75, 3.05) is 6.61 Å². The lowest BCUT2D eigenvalue weighted by atomic mass is 10.2. The smallest absolute Gasteiger partial charge is 0.123 e. The Morgan fingerprint density at radius 2 is 2.16 bits per heavy atom. The van der Waals surface area contributed by atoms with Gasteiger partial charge in [-0.2, -0.15) is 5.26 Å². The van der Waals surface area contributed by atoms with Crippen LogP contribution in [-0.4, -0.2) is 12.6 Å². The molecule has 0 saturated carbocycles. The van der Waals surface area contributed by atoms with Crippen LogP contribution in [-0.2, 0) is 6.54 Å². The average Bonchev–Trinajstić information content (AvgIpc) is 2.38. The summed E-state index contributed by atoms with van der Waals surface area (Å²) >= 11 is 0. The normalized spacial score (nSPS) is 10.5. The Kier molecular flexibility index (Phi) is 6.91. The summed E-state index contributed by atoms with van der Waals surface area (Å²) in [6.07, 6.45) is 2.22. The van der Waals surface area contributed by atoms with Gasteiger partial charge in [-0.05, 0) is 31.0 Å². The molecule has 0 aliphatic heterocycles. The van der Waals surface area contributed by atoms with Crippen molar-refractivity contribution in [1.82, 2.24) is 5.32 Å². The molecular weight excluding hydrogens is 243 g/mol. The van der Waals surface area contributed by atoms with Crippen LogP contribution < -0.4 is 10.1 Å². The fourth-order valence-electron chi connectivity index (χ4n) is 1.63. The summed E-state index contributed by atoms with van der Waals surface area (Å²) in [5.41, 5.74) is 0.828. The number of nitrogens with zero attached hydrogens (tertiary/aromatic N) is 1. The quantitative estimate of drug-likeness (QED) is 0.732. The van der Waals surface area contributed by atoms with Crippen LogP contribution in [0.4, 0.5) is 4.39 Å². The Labute approximate surface area is 114 Å². The van der Waals surface area contributed by atoms with Crippen LogP contribution in [0.25, 0.3) is 0 Å². The van der Waals surface area contributed by atoms with Gasteiger partial charge < -0.3 is 10.1 Å². The zero-order valence-corrected chi connectivity index (χ0v) is 11.6. The molecular formula is C15H21FN2O. The molecule has 0 heterocycles. The number of halogens is 1. The van der Waals surface area contributed by atoms with E-state index < -0.39 is 0 Å². The maximum absolute atomic E-state index is 13.2. The lowest BCUT2D eigenvalue weighted by Crippen LogP contribution is -2.22. The topological polar surface area (TPSA) is 45.0 Å². The molecule has 1 rings (SSSR count). The van der Waals surface area contributed by atoms with E-state index >= 15 is 0 Å². The number of rotatable bonds is 8. The molecule has 4 heteroatoms. The SMILES string of the molecule is CC(C)NCc1cc(F)ccc1OCCCCC#N. The molecule has 104 valence electrons. The van der Waals surface area contributed by atoms with Gasteiger partial charge in [0.15, 0.2) is 0 Å². The third-order valence-electron chi connectivity index (χ3n) is 2.66. The second-order valence-electron chi connectivity index (χ2n) is 4.75. The van der Waals surface area contributed by atoms with E-state index in [2.05, 4.69) is 11.4 Å². The van der Waals surface area contributed by atoms with Crippen molar-refractivity contribution in [3.8, 4) is 11.8 Å². The first kappa shape index (κ1) is 15.5. The second kappa shape index (κ2) is 8.49. The third-order valence-corrected chi connectivity index (χ3v) is 2.66. The summed E-state index contributed by atoms with van der Waals surface area (Å²) < 4.78 is 18.9. The number of unbranched alkanes of at least 4 members (excludes halogenated alkanes) is 2. The Balaban J connectivity index is 2.53. The van der Waals surface area contributed by atoms with Crippen LogP contribution in [0.15, 0.2) is 18.2 Å². The average molecular weight is 264 g/mol. The van der Waals surface area contributed by atoms with Crippen molar-refractivity contribution < 1.29 is 9.13 Å². The molecule has 0 unspecified atom stereocenters. The van der Waals surface area contributed by atoms with Gasteiger partial charge >= 0.3 is 0 Å². The molecule has 0 aliphatic carbocycles. The maximum atomic E-state index is 13.2. The molecule has 0 saturated heterocycles. The second-order valence-corrected chi connectivity index (χ2v) is 4.75. The fourth-order valence-corrected chi connectivity index (χ4v) is 1.63. The zero-order valence-electron chi connectivity index (χ0n) is 11.6. The highest BCUT2D eigenvalue weighted by atomic mass is 19.1. The highest BCUT2D eigenvalue weighted by Gasteiger charge is 2.06. The first-order chi connectivity index (χ1) is 9.13. The molecule has 3 nitrogen and oxygen atoms in total. The zero-order chi connectivity index (χ0) is 14.1. The fraction of sp³-hybridized carbons (Fsp3) is 0.533. The van der Waals surface area contributed by atoms with Crippen LogP contribution in [0.5, 0.6) is 5.75 Å². The molecule has 0 spiro atoms. The Morgan fingerprint density at radius 3 is 2.84 bits per heavy atom. The van der Waals surface area contributed by atoms with Crippen LogP contribution in [0, 0.1) is 17.1 Å². The highest BCUT2D eigenvalue weighted by molar-refractivity contribution is 5.33. The maximum Gasteiger partial charge on any atom is 0.123 e. The van der Waals surface area contributed by atoms with Crippen LogP contribution in [0.3, 0.4) is 0 Å². The molecule has 1 aromatic carbocycles. The molecule has 19 heavy (non-hydrogen) atoms. The van der Waals surface area contributed by atoms with Gasteiger partial charge in [0.2, 0.25) is 0 Å². The first-order valence-corrected chi connectivity index (χ1v) is 6.65. The van der Waals surface area contributed by atoms with Crippen LogP contribution in [0.1, 0.15) is 38.7 Å². The predicted molar refractivity (Wildman–Crippen MR) is 73.3 cm³/mol. The molecule has 0 radical (unpaired) electrons. The Hall–Kier alpha value is -1.60. The van der Waals surface area contributed by atoms with Gasteiger partial charge in [-0.3, -0.25) is 0 Å². The summed E-state index contributed by atoms with van der Waals surface area (Å²) in [6.45, 7) is 5.23. The van der Waals surface area contributed by atoms with Crippen molar-refractivity contribution in [1.29, 1.82) is 5.26 Å². The number of nitrogens with one attached hydrogen (secondary N) is 1. The summed E-state index contributed by atoms with van der Waals surface area (Å²) in [6, 6.07) is 7.01. The van der Waals surface area contributed by atoms with E-state index in [1.165, 1.54) is 12.1 Å². The Bertz CT molecular complexity index is 427. The molecule has 0 aromatic heterocycles. The van der Waals surface area contributed by atoms with Crippen molar-refractivity contribution in [2.45, 2.75) is 45.7 Å². The van der Waals surface area contributed by atoms with Gasteiger partial charge in [-0.15, -0.1) is 0 Å². The number of nitriles is 1. The minimum absolute atomic E-state index is 0.252. The van der Waals surface area contributed by atoms with E-state index in [0.717, 1.165) is 18.4 Å². The number of hydrogen-bond donors (Lipinski definition) is 1. The van der Waals surface area contributed by atoms with Gasteiger partial charge in [-0.1, -0.05) is 13.8 Å². The highest BCUT2D eigenvalue weighted by Crippen LogP contribution is 2.20. The number of hydrogen-bond acceptors (Lipinski definition) is 3. The minimum Gasteiger partial charge on any atom is -0.493 e. The molecule has 0 aliphatic rings. The summed E-state index contributed by atoms with van der Waals surface area (Å²) in [5, 5.41) is 11.7. The van der Waals surface area contributed by atoms with E-state index in [1.54, 1.807) is 6.07 Å². The molecule has 0 fully saturated rings. The van der Waals surface area contributed by atoms with Crippen molar-refractivity contribution in [2.24, 2.45) is 0 Å². The van der Waals surface area contributed by atoms with E-state index in [4.69, 9.17) is 10.00 Å². The lowest BCUT2D eigenvalue weighted by molar-refractivity contribution is 0.303. The van der Waals surface area contributed by atoms with E-state index in [-0.39, 0.29) is 5.82 Å². The van der Waals surface area contributed by atoms with Gasteiger partial charge in [0.05, 0.1) is 12.7 Å². The predicted octanol–water partition coefficient (Wildman–Crippen LogP) is 3.40. The largest absolute Gasteiger partial charge is 0.493 e. The standard InChI is InChI=1S/C15H21FN2O/c1-12(2)18-11-13-10-14(16)6-7-15(13)19-9-5-3-4-8-17/h6-7,10,12,18H,3-5,9,11H2,1-2H3. The number of ether oxygens (including phenoxy) is 1. The van der Waals surface area contributed by atoms with Crippen molar-refractivity contribution >= 4 is 0 Å². The number of benzene rings is 1. The van der Waals surface area contributed by atoms with Gasteiger partial charge in [0.1, 0.15) is 11.6 Å². The minimum atomic E-state index is -0.252. The van der Waals surface area contributed by atoms with Crippen LogP contribution in [0.2, 0.25) is 0 Å². The lowest BCUT2D eigenvalue weighted by Gasteiger charge is -2.13. The molecule has 0 amide bonds.